The van der Waals surface area contributed by atoms with E-state index in [1.807, 2.05) is 6.92 Å². The van der Waals surface area contributed by atoms with E-state index in [0.717, 1.165) is 25.1 Å². The number of nitrogens with one attached hydrogen (secondary N) is 1. The highest BCUT2D eigenvalue weighted by molar-refractivity contribution is 5.37. The van der Waals surface area contributed by atoms with Gasteiger partial charge in [-0.15, -0.1) is 0 Å². The van der Waals surface area contributed by atoms with Crippen LogP contribution >= 0.6 is 0 Å². The molecule has 0 saturated carbocycles. The van der Waals surface area contributed by atoms with Gasteiger partial charge in [0.2, 0.25) is 0 Å². The van der Waals surface area contributed by atoms with Crippen LogP contribution in [0.4, 0.5) is 4.39 Å². The van der Waals surface area contributed by atoms with Gasteiger partial charge in [0.1, 0.15) is 11.6 Å². The van der Waals surface area contributed by atoms with E-state index in [4.69, 9.17) is 9.47 Å². The van der Waals surface area contributed by atoms with Crippen molar-refractivity contribution in [2.45, 2.75) is 32.4 Å². The van der Waals surface area contributed by atoms with Crippen LogP contribution < -0.4 is 10.1 Å². The van der Waals surface area contributed by atoms with Crippen LogP contribution in [0.5, 0.6) is 5.75 Å². The van der Waals surface area contributed by atoms with Crippen LogP contribution in [-0.2, 0) is 4.74 Å². The minimum Gasteiger partial charge on any atom is -0.496 e. The summed E-state index contributed by atoms with van der Waals surface area (Å²) in [6.45, 7) is 5.79. The van der Waals surface area contributed by atoms with E-state index in [9.17, 15) is 4.39 Å². The standard InChI is InChI=1S/C15H22FNO2/c1-4-17-14(15-10(2)7-8-19-15)12-9-11(16)5-6-13(12)18-3/h5-6,9-10,14-15,17H,4,7-8H2,1-3H3. The van der Waals surface area contributed by atoms with Crippen molar-refractivity contribution in [2.75, 3.05) is 20.3 Å². The van der Waals surface area contributed by atoms with Gasteiger partial charge in [-0.05, 0) is 37.1 Å². The monoisotopic (exact) mass is 267 g/mol. The van der Waals surface area contributed by atoms with Crippen molar-refractivity contribution in [1.82, 2.24) is 5.32 Å². The Labute approximate surface area is 114 Å². The van der Waals surface area contributed by atoms with E-state index < -0.39 is 0 Å². The molecule has 4 heteroatoms. The third kappa shape index (κ3) is 3.07. The van der Waals surface area contributed by atoms with Crippen LogP contribution in [0.2, 0.25) is 0 Å². The van der Waals surface area contributed by atoms with Gasteiger partial charge in [0.25, 0.3) is 0 Å². The highest BCUT2D eigenvalue weighted by Crippen LogP contribution is 2.35. The van der Waals surface area contributed by atoms with Crippen molar-refractivity contribution in [2.24, 2.45) is 5.92 Å². The first-order valence-corrected chi connectivity index (χ1v) is 6.85. The van der Waals surface area contributed by atoms with E-state index in [1.54, 1.807) is 19.2 Å². The summed E-state index contributed by atoms with van der Waals surface area (Å²) in [5.74, 6) is 0.913. The van der Waals surface area contributed by atoms with Crippen LogP contribution in [0, 0.1) is 11.7 Å². The lowest BCUT2D eigenvalue weighted by Gasteiger charge is -2.28. The molecule has 1 aromatic carbocycles. The fourth-order valence-electron chi connectivity index (χ4n) is 2.71. The largest absolute Gasteiger partial charge is 0.496 e. The van der Waals surface area contributed by atoms with Crippen molar-refractivity contribution < 1.29 is 13.9 Å². The van der Waals surface area contributed by atoms with Gasteiger partial charge in [-0.1, -0.05) is 13.8 Å². The van der Waals surface area contributed by atoms with Gasteiger partial charge in [0.05, 0.1) is 19.3 Å². The van der Waals surface area contributed by atoms with Gasteiger partial charge >= 0.3 is 0 Å². The lowest BCUT2D eigenvalue weighted by molar-refractivity contribution is 0.0603. The number of hydrogen-bond donors (Lipinski definition) is 1. The molecule has 1 aliphatic heterocycles. The molecule has 3 nitrogen and oxygen atoms in total. The summed E-state index contributed by atoms with van der Waals surface area (Å²) < 4.78 is 24.7. The van der Waals surface area contributed by atoms with Gasteiger partial charge in [0.15, 0.2) is 0 Å². The summed E-state index contributed by atoms with van der Waals surface area (Å²) in [5, 5.41) is 3.40. The number of hydrogen-bond acceptors (Lipinski definition) is 3. The van der Waals surface area contributed by atoms with Crippen molar-refractivity contribution in [3.63, 3.8) is 0 Å². The van der Waals surface area contributed by atoms with Crippen molar-refractivity contribution >= 4 is 0 Å². The summed E-state index contributed by atoms with van der Waals surface area (Å²) in [6, 6.07) is 4.60. The summed E-state index contributed by atoms with van der Waals surface area (Å²) in [6.07, 6.45) is 1.11. The smallest absolute Gasteiger partial charge is 0.123 e. The SMILES string of the molecule is CCNC(c1cc(F)ccc1OC)C1OCCC1C. The number of rotatable bonds is 5. The third-order valence-corrected chi connectivity index (χ3v) is 3.72. The molecule has 1 fully saturated rings. The second kappa shape index (κ2) is 6.35. The number of halogens is 1. The Morgan fingerprint density at radius 3 is 2.89 bits per heavy atom. The van der Waals surface area contributed by atoms with E-state index >= 15 is 0 Å². The molecule has 0 aliphatic carbocycles. The Balaban J connectivity index is 2.35. The predicted octanol–water partition coefficient (Wildman–Crippen LogP) is 2.91. The van der Waals surface area contributed by atoms with Gasteiger partial charge < -0.3 is 14.8 Å². The molecular weight excluding hydrogens is 245 g/mol. The summed E-state index contributed by atoms with van der Waals surface area (Å²) in [7, 11) is 1.61. The lowest BCUT2D eigenvalue weighted by Crippen LogP contribution is -2.35. The second-order valence-corrected chi connectivity index (χ2v) is 5.02. The van der Waals surface area contributed by atoms with E-state index in [2.05, 4.69) is 12.2 Å². The molecule has 1 aromatic rings. The molecule has 1 N–H and O–H groups in total. The molecule has 0 radical (unpaired) electrons. The number of methoxy groups -OCH3 is 1. The van der Waals surface area contributed by atoms with Crippen LogP contribution in [0.3, 0.4) is 0 Å². The van der Waals surface area contributed by atoms with Crippen LogP contribution in [0.15, 0.2) is 18.2 Å². The van der Waals surface area contributed by atoms with E-state index in [1.165, 1.54) is 6.07 Å². The normalized spacial score (nSPS) is 24.4. The number of likely N-dealkylation sites (N-methyl/N-ethyl adjacent to an activating group) is 1. The molecule has 3 unspecified atom stereocenters. The molecule has 1 aliphatic rings. The average molecular weight is 267 g/mol. The highest BCUT2D eigenvalue weighted by atomic mass is 19.1. The van der Waals surface area contributed by atoms with Crippen molar-refractivity contribution in [1.29, 1.82) is 0 Å². The van der Waals surface area contributed by atoms with Gasteiger partial charge in [-0.3, -0.25) is 0 Å². The number of ether oxygens (including phenoxy) is 2. The van der Waals surface area contributed by atoms with Crippen LogP contribution in [0.25, 0.3) is 0 Å². The quantitative estimate of drug-likeness (QED) is 0.889. The average Bonchev–Trinajstić information content (AvgIpc) is 2.82. The predicted molar refractivity (Wildman–Crippen MR) is 72.9 cm³/mol. The van der Waals surface area contributed by atoms with Gasteiger partial charge in [-0.2, -0.15) is 0 Å². The highest BCUT2D eigenvalue weighted by Gasteiger charge is 2.34. The van der Waals surface area contributed by atoms with Crippen LogP contribution in [0.1, 0.15) is 31.9 Å². The van der Waals surface area contributed by atoms with Crippen LogP contribution in [-0.4, -0.2) is 26.4 Å². The Morgan fingerprint density at radius 1 is 1.53 bits per heavy atom. The second-order valence-electron chi connectivity index (χ2n) is 5.02. The molecule has 0 bridgehead atoms. The molecule has 2 rings (SSSR count). The van der Waals surface area contributed by atoms with Crippen molar-refractivity contribution in [3.8, 4) is 5.75 Å². The molecule has 0 spiro atoms. The maximum atomic E-state index is 13.5. The summed E-state index contributed by atoms with van der Waals surface area (Å²) >= 11 is 0. The summed E-state index contributed by atoms with van der Waals surface area (Å²) in [4.78, 5) is 0. The Morgan fingerprint density at radius 2 is 2.32 bits per heavy atom. The molecular formula is C15H22FNO2. The van der Waals surface area contributed by atoms with Gasteiger partial charge in [-0.25, -0.2) is 4.39 Å². The minimum atomic E-state index is -0.246. The number of benzene rings is 1. The molecule has 0 aromatic heterocycles. The zero-order valence-corrected chi connectivity index (χ0v) is 11.8. The maximum absolute atomic E-state index is 13.5. The first-order chi connectivity index (χ1) is 9.17. The van der Waals surface area contributed by atoms with E-state index in [-0.39, 0.29) is 18.0 Å². The molecule has 19 heavy (non-hydrogen) atoms. The third-order valence-electron chi connectivity index (χ3n) is 3.72. The fourth-order valence-corrected chi connectivity index (χ4v) is 2.71. The Bertz CT molecular complexity index is 425. The Hall–Kier alpha value is -1.13. The zero-order chi connectivity index (χ0) is 13.8. The molecule has 106 valence electrons. The molecule has 0 amide bonds. The lowest BCUT2D eigenvalue weighted by atomic mass is 9.92. The maximum Gasteiger partial charge on any atom is 0.123 e. The topological polar surface area (TPSA) is 30.5 Å². The molecule has 1 heterocycles. The fraction of sp³-hybridized carbons (Fsp3) is 0.600. The molecule has 1 saturated heterocycles. The molecule has 3 atom stereocenters. The first-order valence-electron chi connectivity index (χ1n) is 6.85. The zero-order valence-electron chi connectivity index (χ0n) is 11.8. The Kier molecular flexibility index (Phi) is 4.77. The van der Waals surface area contributed by atoms with Gasteiger partial charge in [0, 0.05) is 12.2 Å². The first kappa shape index (κ1) is 14.3. The summed E-state index contributed by atoms with van der Waals surface area (Å²) in [5.41, 5.74) is 0.836. The van der Waals surface area contributed by atoms with E-state index in [0.29, 0.717) is 11.7 Å². The minimum absolute atomic E-state index is 0.0341. The van der Waals surface area contributed by atoms with Crippen molar-refractivity contribution in [3.05, 3.63) is 29.6 Å².